The van der Waals surface area contributed by atoms with E-state index in [1.807, 2.05) is 0 Å². The molecule has 3 heterocycles. The highest BCUT2D eigenvalue weighted by Gasteiger charge is 2.20. The summed E-state index contributed by atoms with van der Waals surface area (Å²) in [5.74, 6) is 0.308. The zero-order valence-electron chi connectivity index (χ0n) is 9.61. The first-order valence-corrected chi connectivity index (χ1v) is 6.04. The Morgan fingerprint density at radius 2 is 2.18 bits per heavy atom. The van der Waals surface area contributed by atoms with Gasteiger partial charge in [0.15, 0.2) is 5.65 Å². The number of nitrogen functional groups attached to an aromatic ring is 1. The lowest BCUT2D eigenvalue weighted by Gasteiger charge is -2.15. The number of hydrogen-bond acceptors (Lipinski definition) is 5. The van der Waals surface area contributed by atoms with Crippen LogP contribution in [0.25, 0.3) is 11.2 Å². The number of H-pyrrole nitrogens is 1. The zero-order valence-corrected chi connectivity index (χ0v) is 9.61. The second kappa shape index (κ2) is 4.29. The quantitative estimate of drug-likeness (QED) is 0.685. The van der Waals surface area contributed by atoms with Gasteiger partial charge in [0, 0.05) is 0 Å². The maximum atomic E-state index is 5.73. The zero-order chi connectivity index (χ0) is 11.7. The third kappa shape index (κ3) is 1.95. The van der Waals surface area contributed by atoms with Gasteiger partial charge in [-0.3, -0.25) is 0 Å². The van der Waals surface area contributed by atoms with Crippen molar-refractivity contribution < 1.29 is 0 Å². The van der Waals surface area contributed by atoms with Crippen LogP contribution in [0.3, 0.4) is 0 Å². The molecule has 0 amide bonds. The Balaban J connectivity index is 2.05. The van der Waals surface area contributed by atoms with Crippen LogP contribution < -0.4 is 11.1 Å². The van der Waals surface area contributed by atoms with Crippen LogP contribution in [0.1, 0.15) is 37.4 Å². The summed E-state index contributed by atoms with van der Waals surface area (Å²) in [6.07, 6.45) is 6.43. The van der Waals surface area contributed by atoms with Crippen molar-refractivity contribution in [1.29, 1.82) is 0 Å². The molecule has 1 fully saturated rings. The van der Waals surface area contributed by atoms with Crippen molar-refractivity contribution in [2.24, 2.45) is 0 Å². The van der Waals surface area contributed by atoms with Crippen molar-refractivity contribution in [3.63, 3.8) is 0 Å². The smallest absolute Gasteiger partial charge is 0.222 e. The number of hydrogen-bond donors (Lipinski definition) is 3. The summed E-state index contributed by atoms with van der Waals surface area (Å²) >= 11 is 0. The number of fused-ring (bicyclic) bond motifs is 1. The number of nitrogens with one attached hydrogen (secondary N) is 2. The van der Waals surface area contributed by atoms with Crippen LogP contribution in [-0.2, 0) is 0 Å². The number of aromatic nitrogens is 4. The third-order valence-corrected chi connectivity index (χ3v) is 3.21. The minimum Gasteiger partial charge on any atom is -0.368 e. The molecule has 17 heavy (non-hydrogen) atoms. The molecule has 1 unspecified atom stereocenters. The third-order valence-electron chi connectivity index (χ3n) is 3.21. The fraction of sp³-hybridized carbons (Fsp3) is 0.545. The summed E-state index contributed by atoms with van der Waals surface area (Å²) < 4.78 is 0. The van der Waals surface area contributed by atoms with E-state index in [-0.39, 0.29) is 6.04 Å². The van der Waals surface area contributed by atoms with Gasteiger partial charge in [-0.15, -0.1) is 0 Å². The Kier molecular flexibility index (Phi) is 2.64. The van der Waals surface area contributed by atoms with Crippen molar-refractivity contribution in [1.82, 2.24) is 25.3 Å². The van der Waals surface area contributed by atoms with Gasteiger partial charge >= 0.3 is 0 Å². The highest BCUT2D eigenvalue weighted by Crippen LogP contribution is 2.25. The van der Waals surface area contributed by atoms with Crippen molar-refractivity contribution in [3.8, 4) is 0 Å². The predicted molar refractivity (Wildman–Crippen MR) is 65.3 cm³/mol. The highest BCUT2D eigenvalue weighted by atomic mass is 15.1. The predicted octanol–water partition coefficient (Wildman–Crippen LogP) is 1.14. The maximum Gasteiger partial charge on any atom is 0.222 e. The molecule has 0 aliphatic carbocycles. The molecule has 3 rings (SSSR count). The minimum absolute atomic E-state index is 0.244. The van der Waals surface area contributed by atoms with Crippen LogP contribution in [0.5, 0.6) is 0 Å². The molecular formula is C11H16N6. The maximum absolute atomic E-state index is 5.73. The highest BCUT2D eigenvalue weighted by molar-refractivity contribution is 5.74. The van der Waals surface area contributed by atoms with Gasteiger partial charge in [-0.2, -0.15) is 4.98 Å². The normalized spacial score (nSPS) is 21.5. The first-order valence-electron chi connectivity index (χ1n) is 6.04. The molecule has 6 heteroatoms. The van der Waals surface area contributed by atoms with E-state index in [2.05, 4.69) is 25.3 Å². The average molecular weight is 232 g/mol. The molecule has 2 aromatic heterocycles. The fourth-order valence-electron chi connectivity index (χ4n) is 2.38. The van der Waals surface area contributed by atoms with Gasteiger partial charge in [0.2, 0.25) is 5.95 Å². The van der Waals surface area contributed by atoms with Crippen molar-refractivity contribution in [2.75, 3.05) is 12.3 Å². The van der Waals surface area contributed by atoms with E-state index < -0.39 is 0 Å². The Labute approximate surface area is 99.1 Å². The first-order chi connectivity index (χ1) is 8.34. The Hall–Kier alpha value is -1.69. The standard InChI is InChI=1S/C11H16N6/c12-11-16-8(7-4-2-1-3-5-13-7)9-10(17-11)15-6-14-9/h6-7,13H,1-5H2,(H3,12,14,15,16,17). The molecule has 2 aromatic rings. The van der Waals surface area contributed by atoms with Crippen LogP contribution >= 0.6 is 0 Å². The molecule has 4 N–H and O–H groups in total. The van der Waals surface area contributed by atoms with Crippen molar-refractivity contribution in [3.05, 3.63) is 12.0 Å². The van der Waals surface area contributed by atoms with Gasteiger partial charge in [-0.25, -0.2) is 9.97 Å². The fourth-order valence-corrected chi connectivity index (χ4v) is 2.38. The molecule has 0 radical (unpaired) electrons. The van der Waals surface area contributed by atoms with Crippen molar-refractivity contribution in [2.45, 2.75) is 31.7 Å². The number of anilines is 1. The van der Waals surface area contributed by atoms with E-state index in [0.717, 1.165) is 29.8 Å². The van der Waals surface area contributed by atoms with Crippen LogP contribution in [0, 0.1) is 0 Å². The monoisotopic (exact) mass is 232 g/mol. The lowest BCUT2D eigenvalue weighted by Crippen LogP contribution is -2.22. The largest absolute Gasteiger partial charge is 0.368 e. The molecule has 0 bridgehead atoms. The summed E-state index contributed by atoms with van der Waals surface area (Å²) in [5, 5.41) is 3.51. The number of aromatic amines is 1. The van der Waals surface area contributed by atoms with E-state index in [9.17, 15) is 0 Å². The van der Waals surface area contributed by atoms with Gasteiger partial charge in [-0.05, 0) is 19.4 Å². The van der Waals surface area contributed by atoms with Gasteiger partial charge in [0.1, 0.15) is 5.52 Å². The molecule has 0 aromatic carbocycles. The van der Waals surface area contributed by atoms with E-state index >= 15 is 0 Å². The SMILES string of the molecule is Nc1nc(C2CCCCCN2)c2nc[nH]c2n1. The molecular weight excluding hydrogens is 216 g/mol. The number of nitrogens with two attached hydrogens (primary N) is 1. The topological polar surface area (TPSA) is 92.5 Å². The van der Waals surface area contributed by atoms with E-state index in [1.165, 1.54) is 19.3 Å². The van der Waals surface area contributed by atoms with Gasteiger partial charge < -0.3 is 16.0 Å². The van der Waals surface area contributed by atoms with Gasteiger partial charge in [-0.1, -0.05) is 12.8 Å². The number of imidazole rings is 1. The average Bonchev–Trinajstić information content (AvgIpc) is 2.62. The molecule has 0 saturated carbocycles. The lowest BCUT2D eigenvalue weighted by molar-refractivity contribution is 0.525. The Morgan fingerprint density at radius 1 is 1.24 bits per heavy atom. The summed E-state index contributed by atoms with van der Waals surface area (Å²) in [7, 11) is 0. The Morgan fingerprint density at radius 3 is 3.12 bits per heavy atom. The molecule has 0 spiro atoms. The lowest BCUT2D eigenvalue weighted by atomic mass is 10.1. The van der Waals surface area contributed by atoms with E-state index in [0.29, 0.717) is 5.95 Å². The van der Waals surface area contributed by atoms with E-state index in [4.69, 9.17) is 5.73 Å². The number of nitrogens with zero attached hydrogens (tertiary/aromatic N) is 3. The molecule has 1 saturated heterocycles. The summed E-state index contributed by atoms with van der Waals surface area (Å²) in [5.41, 5.74) is 8.21. The molecule has 1 atom stereocenters. The second-order valence-electron chi connectivity index (χ2n) is 4.42. The molecule has 6 nitrogen and oxygen atoms in total. The summed E-state index contributed by atoms with van der Waals surface area (Å²) in [6, 6.07) is 0.244. The van der Waals surface area contributed by atoms with E-state index in [1.54, 1.807) is 6.33 Å². The minimum atomic E-state index is 0.244. The van der Waals surface area contributed by atoms with Crippen molar-refractivity contribution >= 4 is 17.1 Å². The molecule has 1 aliphatic heterocycles. The van der Waals surface area contributed by atoms with Crippen LogP contribution in [0.15, 0.2) is 6.33 Å². The van der Waals surface area contributed by atoms with Crippen LogP contribution in [0.4, 0.5) is 5.95 Å². The molecule has 1 aliphatic rings. The second-order valence-corrected chi connectivity index (χ2v) is 4.42. The summed E-state index contributed by atoms with van der Waals surface area (Å²) in [6.45, 7) is 1.03. The van der Waals surface area contributed by atoms with Gasteiger partial charge in [0.05, 0.1) is 18.1 Å². The summed E-state index contributed by atoms with van der Waals surface area (Å²) in [4.78, 5) is 15.8. The van der Waals surface area contributed by atoms with Crippen LogP contribution in [-0.4, -0.2) is 26.5 Å². The molecule has 90 valence electrons. The first kappa shape index (κ1) is 10.5. The van der Waals surface area contributed by atoms with Gasteiger partial charge in [0.25, 0.3) is 0 Å². The Bertz CT molecular complexity index is 512. The van der Waals surface area contributed by atoms with Crippen LogP contribution in [0.2, 0.25) is 0 Å². The number of rotatable bonds is 1.